The average Bonchev–Trinajstić information content (AvgIpc) is 2.73. The maximum absolute atomic E-state index is 11.7. The number of carboxylic acid groups (broad SMARTS) is 1. The molecule has 1 aromatic heterocycles. The molecule has 0 aliphatic carbocycles. The van der Waals surface area contributed by atoms with Crippen LogP contribution in [0.4, 0.5) is 0 Å². The summed E-state index contributed by atoms with van der Waals surface area (Å²) in [6.07, 6.45) is 0.0369. The molecule has 0 aromatic carbocycles. The molecular formula is C8H12N2O6S3. The summed E-state index contributed by atoms with van der Waals surface area (Å²) in [4.78, 5) is 10.5. The third-order valence-corrected chi connectivity index (χ3v) is 5.84. The molecule has 0 saturated carbocycles. The minimum atomic E-state index is -3.82. The van der Waals surface area contributed by atoms with Crippen LogP contribution in [-0.4, -0.2) is 40.2 Å². The molecule has 8 nitrogen and oxygen atoms in total. The quantitative estimate of drug-likeness (QED) is 0.570. The Morgan fingerprint density at radius 3 is 2.42 bits per heavy atom. The number of hydrogen-bond acceptors (Lipinski definition) is 6. The second-order valence-electron chi connectivity index (χ2n) is 3.54. The third-order valence-electron chi connectivity index (χ3n) is 1.95. The Labute approximate surface area is 114 Å². The fourth-order valence-corrected chi connectivity index (χ4v) is 3.94. The summed E-state index contributed by atoms with van der Waals surface area (Å²) in [7, 11) is -7.44. The fraction of sp³-hybridized carbons (Fsp3) is 0.375. The normalized spacial score (nSPS) is 12.5. The van der Waals surface area contributed by atoms with Crippen LogP contribution < -0.4 is 9.86 Å². The second-order valence-corrected chi connectivity index (χ2v) is 8.35. The Kier molecular flexibility index (Phi) is 5.04. The van der Waals surface area contributed by atoms with Gasteiger partial charge in [0.05, 0.1) is 5.75 Å². The molecule has 0 bridgehead atoms. The predicted molar refractivity (Wildman–Crippen MR) is 69.1 cm³/mol. The summed E-state index contributed by atoms with van der Waals surface area (Å²) in [5.74, 6) is -1.54. The van der Waals surface area contributed by atoms with Crippen LogP contribution in [0.1, 0.15) is 16.1 Å². The number of nitrogens with one attached hydrogen (secondary N) is 1. The Hall–Kier alpha value is -1.01. The van der Waals surface area contributed by atoms with Crippen molar-refractivity contribution in [3.05, 3.63) is 17.0 Å². The molecule has 1 aromatic rings. The highest BCUT2D eigenvalue weighted by atomic mass is 32.2. The fourth-order valence-electron chi connectivity index (χ4n) is 1.13. The monoisotopic (exact) mass is 328 g/mol. The van der Waals surface area contributed by atoms with Gasteiger partial charge in [-0.05, 0) is 18.6 Å². The van der Waals surface area contributed by atoms with Crippen molar-refractivity contribution in [3.8, 4) is 0 Å². The molecule has 1 heterocycles. The van der Waals surface area contributed by atoms with Crippen LogP contribution in [0.25, 0.3) is 0 Å². The first kappa shape index (κ1) is 16.0. The van der Waals surface area contributed by atoms with E-state index in [0.717, 1.165) is 0 Å². The van der Waals surface area contributed by atoms with Crippen molar-refractivity contribution < 1.29 is 26.7 Å². The van der Waals surface area contributed by atoms with E-state index in [4.69, 9.17) is 10.2 Å². The van der Waals surface area contributed by atoms with E-state index in [1.54, 1.807) is 0 Å². The number of thiophene rings is 1. The predicted octanol–water partition coefficient (Wildman–Crippen LogP) is -0.597. The molecule has 0 amide bonds. The topological polar surface area (TPSA) is 144 Å². The van der Waals surface area contributed by atoms with E-state index in [1.807, 2.05) is 0 Å². The zero-order valence-electron chi connectivity index (χ0n) is 9.57. The number of hydrogen-bond donors (Lipinski definition) is 3. The van der Waals surface area contributed by atoms with Gasteiger partial charge in [-0.2, -0.15) is 0 Å². The largest absolute Gasteiger partial charge is 0.477 e. The van der Waals surface area contributed by atoms with Gasteiger partial charge in [0, 0.05) is 6.54 Å². The van der Waals surface area contributed by atoms with Crippen LogP contribution in [0.3, 0.4) is 0 Å². The van der Waals surface area contributed by atoms with Crippen molar-refractivity contribution in [3.63, 3.8) is 0 Å². The number of aromatic carboxylic acids is 1. The van der Waals surface area contributed by atoms with E-state index in [1.165, 1.54) is 12.1 Å². The number of nitrogens with two attached hydrogens (primary N) is 1. The highest BCUT2D eigenvalue weighted by Gasteiger charge is 2.18. The van der Waals surface area contributed by atoms with E-state index in [-0.39, 0.29) is 27.8 Å². The first-order valence-electron chi connectivity index (χ1n) is 4.95. The van der Waals surface area contributed by atoms with Gasteiger partial charge < -0.3 is 5.11 Å². The number of carboxylic acids is 1. The Morgan fingerprint density at radius 1 is 1.32 bits per heavy atom. The molecule has 4 N–H and O–H groups in total. The van der Waals surface area contributed by atoms with Gasteiger partial charge >= 0.3 is 5.97 Å². The van der Waals surface area contributed by atoms with Crippen LogP contribution in [-0.2, 0) is 20.0 Å². The maximum atomic E-state index is 11.7. The van der Waals surface area contributed by atoms with Gasteiger partial charge in [-0.1, -0.05) is 0 Å². The van der Waals surface area contributed by atoms with Crippen molar-refractivity contribution in [1.82, 2.24) is 4.72 Å². The van der Waals surface area contributed by atoms with Gasteiger partial charge in [-0.25, -0.2) is 31.5 Å². The molecule has 0 spiro atoms. The first-order valence-corrected chi connectivity index (χ1v) is 8.96. The number of primary sulfonamides is 1. The van der Waals surface area contributed by atoms with Gasteiger partial charge in [-0.3, -0.25) is 0 Å². The van der Waals surface area contributed by atoms with E-state index in [9.17, 15) is 21.6 Å². The molecule has 0 radical (unpaired) electrons. The van der Waals surface area contributed by atoms with Crippen LogP contribution >= 0.6 is 11.3 Å². The van der Waals surface area contributed by atoms with E-state index in [0.29, 0.717) is 11.3 Å². The lowest BCUT2D eigenvalue weighted by molar-refractivity contribution is 0.0702. The lowest BCUT2D eigenvalue weighted by Gasteiger charge is -2.03. The van der Waals surface area contributed by atoms with Gasteiger partial charge in [0.2, 0.25) is 20.0 Å². The smallest absolute Gasteiger partial charge is 0.345 e. The average molecular weight is 328 g/mol. The van der Waals surface area contributed by atoms with Gasteiger partial charge in [0.1, 0.15) is 9.09 Å². The molecule has 0 atom stereocenters. The van der Waals surface area contributed by atoms with Crippen LogP contribution in [0, 0.1) is 0 Å². The van der Waals surface area contributed by atoms with Gasteiger partial charge in [0.25, 0.3) is 0 Å². The Morgan fingerprint density at radius 2 is 1.95 bits per heavy atom. The summed E-state index contributed by atoms with van der Waals surface area (Å²) < 4.78 is 46.8. The Bertz CT molecular complexity index is 660. The molecular weight excluding hydrogens is 316 g/mol. The summed E-state index contributed by atoms with van der Waals surface area (Å²) in [5, 5.41) is 13.4. The summed E-state index contributed by atoms with van der Waals surface area (Å²) in [5.41, 5.74) is 0. The molecule has 108 valence electrons. The lowest BCUT2D eigenvalue weighted by Crippen LogP contribution is -2.27. The molecule has 0 aliphatic rings. The van der Waals surface area contributed by atoms with Crippen molar-refractivity contribution in [2.45, 2.75) is 10.6 Å². The first-order chi connectivity index (χ1) is 8.62. The molecule has 0 aliphatic heterocycles. The van der Waals surface area contributed by atoms with E-state index < -0.39 is 26.0 Å². The lowest BCUT2D eigenvalue weighted by atomic mass is 10.5. The highest BCUT2D eigenvalue weighted by Crippen LogP contribution is 2.21. The zero-order valence-corrected chi connectivity index (χ0v) is 12.0. The molecule has 19 heavy (non-hydrogen) atoms. The summed E-state index contributed by atoms with van der Waals surface area (Å²) in [6, 6.07) is 2.36. The number of carbonyl (C=O) groups is 1. The van der Waals surface area contributed by atoms with E-state index in [2.05, 4.69) is 4.72 Å². The van der Waals surface area contributed by atoms with Gasteiger partial charge in [0.15, 0.2) is 0 Å². The van der Waals surface area contributed by atoms with Crippen LogP contribution in [0.5, 0.6) is 0 Å². The van der Waals surface area contributed by atoms with Crippen LogP contribution in [0.15, 0.2) is 16.3 Å². The molecule has 11 heteroatoms. The van der Waals surface area contributed by atoms with Crippen molar-refractivity contribution in [1.29, 1.82) is 0 Å². The SMILES string of the molecule is NS(=O)(=O)CCCNS(=O)(=O)c1ccc(C(=O)O)s1. The zero-order chi connectivity index (χ0) is 14.7. The van der Waals surface area contributed by atoms with Crippen LogP contribution in [0.2, 0.25) is 0 Å². The van der Waals surface area contributed by atoms with E-state index >= 15 is 0 Å². The molecule has 0 fully saturated rings. The minimum absolute atomic E-state index is 0.0369. The van der Waals surface area contributed by atoms with Gasteiger partial charge in [-0.15, -0.1) is 11.3 Å². The minimum Gasteiger partial charge on any atom is -0.477 e. The third kappa shape index (κ3) is 5.24. The number of rotatable bonds is 7. The van der Waals surface area contributed by atoms with Crippen molar-refractivity contribution >= 4 is 37.4 Å². The molecule has 1 rings (SSSR count). The maximum Gasteiger partial charge on any atom is 0.345 e. The van der Waals surface area contributed by atoms with Crippen molar-refractivity contribution in [2.75, 3.05) is 12.3 Å². The summed E-state index contributed by atoms with van der Waals surface area (Å²) >= 11 is 0.619. The molecule has 0 unspecified atom stereocenters. The summed E-state index contributed by atoms with van der Waals surface area (Å²) in [6.45, 7) is -0.0981. The second kappa shape index (κ2) is 5.96. The Balaban J connectivity index is 2.63. The van der Waals surface area contributed by atoms with Crippen molar-refractivity contribution in [2.24, 2.45) is 5.14 Å². The highest BCUT2D eigenvalue weighted by molar-refractivity contribution is 7.91. The molecule has 0 saturated heterocycles. The number of sulfonamides is 2. The standard InChI is InChI=1S/C8H12N2O6S3/c9-18(13,14)5-1-4-10-19(15,16)7-3-2-6(17-7)8(11)12/h2-3,10H,1,4-5H2,(H,11,12)(H2,9,13,14).